The first-order valence-corrected chi connectivity index (χ1v) is 6.40. The number of rotatable bonds is 4. The highest BCUT2D eigenvalue weighted by Crippen LogP contribution is 2.18. The Labute approximate surface area is 118 Å². The first-order chi connectivity index (χ1) is 9.54. The molecular formula is C16H18N2O2. The summed E-state index contributed by atoms with van der Waals surface area (Å²) in [4.78, 5) is 11.8. The predicted octanol–water partition coefficient (Wildman–Crippen LogP) is 2.90. The molecule has 0 heterocycles. The molecular weight excluding hydrogens is 252 g/mol. The van der Waals surface area contributed by atoms with Gasteiger partial charge in [0, 0.05) is 11.4 Å². The van der Waals surface area contributed by atoms with E-state index in [1.807, 2.05) is 44.2 Å². The number of hydrogen-bond acceptors (Lipinski definition) is 3. The van der Waals surface area contributed by atoms with Crippen molar-refractivity contribution in [2.75, 3.05) is 17.7 Å². The Morgan fingerprint density at radius 1 is 1.20 bits per heavy atom. The fourth-order valence-electron chi connectivity index (χ4n) is 1.81. The van der Waals surface area contributed by atoms with E-state index >= 15 is 0 Å². The van der Waals surface area contributed by atoms with Crippen LogP contribution in [0, 0.1) is 13.8 Å². The van der Waals surface area contributed by atoms with Crippen molar-refractivity contribution in [2.24, 2.45) is 0 Å². The first-order valence-electron chi connectivity index (χ1n) is 6.40. The van der Waals surface area contributed by atoms with Gasteiger partial charge in [0.2, 0.25) is 0 Å². The minimum Gasteiger partial charge on any atom is -0.484 e. The summed E-state index contributed by atoms with van der Waals surface area (Å²) in [6, 6.07) is 13.0. The average molecular weight is 270 g/mol. The lowest BCUT2D eigenvalue weighted by atomic mass is 10.2. The summed E-state index contributed by atoms with van der Waals surface area (Å²) in [6.07, 6.45) is 0. The quantitative estimate of drug-likeness (QED) is 0.840. The van der Waals surface area contributed by atoms with Crippen LogP contribution < -0.4 is 15.8 Å². The van der Waals surface area contributed by atoms with Gasteiger partial charge in [-0.05, 0) is 55.3 Å². The van der Waals surface area contributed by atoms with Gasteiger partial charge in [-0.25, -0.2) is 0 Å². The van der Waals surface area contributed by atoms with E-state index in [9.17, 15) is 4.79 Å². The van der Waals surface area contributed by atoms with Crippen molar-refractivity contribution in [3.63, 3.8) is 0 Å². The van der Waals surface area contributed by atoms with Crippen LogP contribution in [-0.2, 0) is 4.79 Å². The van der Waals surface area contributed by atoms with Gasteiger partial charge < -0.3 is 15.8 Å². The fraction of sp³-hybridized carbons (Fsp3) is 0.188. The largest absolute Gasteiger partial charge is 0.484 e. The average Bonchev–Trinajstić information content (AvgIpc) is 2.40. The lowest BCUT2D eigenvalue weighted by Gasteiger charge is -2.09. The van der Waals surface area contributed by atoms with Gasteiger partial charge in [-0.1, -0.05) is 12.1 Å². The van der Waals surface area contributed by atoms with Gasteiger partial charge in [0.1, 0.15) is 5.75 Å². The topological polar surface area (TPSA) is 64.3 Å². The zero-order chi connectivity index (χ0) is 14.5. The molecule has 20 heavy (non-hydrogen) atoms. The molecule has 2 aromatic rings. The maximum Gasteiger partial charge on any atom is 0.262 e. The highest BCUT2D eigenvalue weighted by molar-refractivity contribution is 5.91. The number of hydrogen-bond donors (Lipinski definition) is 2. The maximum absolute atomic E-state index is 11.8. The third kappa shape index (κ3) is 3.75. The molecule has 0 atom stereocenters. The number of anilines is 2. The molecule has 2 rings (SSSR count). The van der Waals surface area contributed by atoms with Gasteiger partial charge in [-0.2, -0.15) is 0 Å². The van der Waals surface area contributed by atoms with Gasteiger partial charge in [0.25, 0.3) is 5.91 Å². The summed E-state index contributed by atoms with van der Waals surface area (Å²) < 4.78 is 5.44. The van der Waals surface area contributed by atoms with Gasteiger partial charge in [0.15, 0.2) is 6.61 Å². The molecule has 3 N–H and O–H groups in total. The number of nitrogen functional groups attached to an aromatic ring is 1. The van der Waals surface area contributed by atoms with Gasteiger partial charge in [-0.15, -0.1) is 0 Å². The second-order valence-corrected chi connectivity index (χ2v) is 4.72. The van der Waals surface area contributed by atoms with E-state index < -0.39 is 0 Å². The van der Waals surface area contributed by atoms with E-state index in [0.717, 1.165) is 16.8 Å². The second-order valence-electron chi connectivity index (χ2n) is 4.72. The summed E-state index contributed by atoms with van der Waals surface area (Å²) >= 11 is 0. The number of ether oxygens (including phenoxy) is 1. The SMILES string of the molecule is Cc1cccc(NC(=O)COc2ccc(N)c(C)c2)c1. The summed E-state index contributed by atoms with van der Waals surface area (Å²) in [6.45, 7) is 3.84. The highest BCUT2D eigenvalue weighted by atomic mass is 16.5. The Bertz CT molecular complexity index is 624. The van der Waals surface area contributed by atoms with E-state index in [4.69, 9.17) is 10.5 Å². The van der Waals surface area contributed by atoms with Crippen molar-refractivity contribution in [3.8, 4) is 5.75 Å². The zero-order valence-electron chi connectivity index (χ0n) is 11.6. The van der Waals surface area contributed by atoms with Crippen LogP contribution in [0.3, 0.4) is 0 Å². The summed E-state index contributed by atoms with van der Waals surface area (Å²) in [5.74, 6) is 0.446. The molecule has 0 aromatic heterocycles. The van der Waals surface area contributed by atoms with Crippen molar-refractivity contribution in [1.82, 2.24) is 0 Å². The maximum atomic E-state index is 11.8. The van der Waals surface area contributed by atoms with Crippen molar-refractivity contribution in [1.29, 1.82) is 0 Å². The summed E-state index contributed by atoms with van der Waals surface area (Å²) in [5, 5.41) is 2.79. The lowest BCUT2D eigenvalue weighted by Crippen LogP contribution is -2.20. The molecule has 0 radical (unpaired) electrons. The van der Waals surface area contributed by atoms with Crippen LogP contribution in [0.15, 0.2) is 42.5 Å². The van der Waals surface area contributed by atoms with Gasteiger partial charge in [0.05, 0.1) is 0 Å². The van der Waals surface area contributed by atoms with Crippen molar-refractivity contribution in [2.45, 2.75) is 13.8 Å². The monoisotopic (exact) mass is 270 g/mol. The minimum atomic E-state index is -0.190. The molecule has 0 saturated heterocycles. The highest BCUT2D eigenvalue weighted by Gasteiger charge is 2.04. The number of aryl methyl sites for hydroxylation is 2. The Kier molecular flexibility index (Phi) is 4.25. The molecule has 2 aromatic carbocycles. The van der Waals surface area contributed by atoms with Gasteiger partial charge >= 0.3 is 0 Å². The molecule has 4 nitrogen and oxygen atoms in total. The molecule has 0 aliphatic rings. The van der Waals surface area contributed by atoms with Crippen LogP contribution in [-0.4, -0.2) is 12.5 Å². The molecule has 0 saturated carbocycles. The molecule has 0 fully saturated rings. The number of carbonyl (C=O) groups excluding carboxylic acids is 1. The number of nitrogens with two attached hydrogens (primary N) is 1. The van der Waals surface area contributed by atoms with Crippen LogP contribution in [0.1, 0.15) is 11.1 Å². The zero-order valence-corrected chi connectivity index (χ0v) is 11.6. The fourth-order valence-corrected chi connectivity index (χ4v) is 1.81. The second kappa shape index (κ2) is 6.10. The number of carbonyl (C=O) groups is 1. The molecule has 0 spiro atoms. The molecule has 0 bridgehead atoms. The summed E-state index contributed by atoms with van der Waals surface area (Å²) in [5.41, 5.74) is 9.23. The Morgan fingerprint density at radius 2 is 2.00 bits per heavy atom. The van der Waals surface area contributed by atoms with Gasteiger partial charge in [-0.3, -0.25) is 4.79 Å². The molecule has 0 aliphatic carbocycles. The first kappa shape index (κ1) is 13.9. The molecule has 1 amide bonds. The van der Waals surface area contributed by atoms with E-state index in [-0.39, 0.29) is 12.5 Å². The number of nitrogens with one attached hydrogen (secondary N) is 1. The lowest BCUT2D eigenvalue weighted by molar-refractivity contribution is -0.118. The molecule has 104 valence electrons. The van der Waals surface area contributed by atoms with E-state index in [0.29, 0.717) is 11.4 Å². The van der Waals surface area contributed by atoms with Crippen molar-refractivity contribution < 1.29 is 9.53 Å². The number of amides is 1. The van der Waals surface area contributed by atoms with Crippen LogP contribution in [0.4, 0.5) is 11.4 Å². The Hall–Kier alpha value is -2.49. The third-order valence-corrected chi connectivity index (χ3v) is 2.91. The smallest absolute Gasteiger partial charge is 0.262 e. The van der Waals surface area contributed by atoms with Crippen LogP contribution in [0.2, 0.25) is 0 Å². The summed E-state index contributed by atoms with van der Waals surface area (Å²) in [7, 11) is 0. The van der Waals surface area contributed by atoms with Crippen LogP contribution >= 0.6 is 0 Å². The normalized spacial score (nSPS) is 10.1. The molecule has 0 aliphatic heterocycles. The minimum absolute atomic E-state index is 0.0305. The molecule has 4 heteroatoms. The Balaban J connectivity index is 1.90. The Morgan fingerprint density at radius 3 is 2.70 bits per heavy atom. The third-order valence-electron chi connectivity index (χ3n) is 2.91. The van der Waals surface area contributed by atoms with E-state index in [1.165, 1.54) is 0 Å². The van der Waals surface area contributed by atoms with E-state index in [2.05, 4.69) is 5.32 Å². The van der Waals surface area contributed by atoms with Crippen molar-refractivity contribution in [3.05, 3.63) is 53.6 Å². The predicted molar refractivity (Wildman–Crippen MR) is 80.9 cm³/mol. The van der Waals surface area contributed by atoms with Crippen LogP contribution in [0.25, 0.3) is 0 Å². The molecule has 0 unspecified atom stereocenters. The van der Waals surface area contributed by atoms with Crippen molar-refractivity contribution >= 4 is 17.3 Å². The van der Waals surface area contributed by atoms with E-state index in [1.54, 1.807) is 12.1 Å². The number of benzene rings is 2. The van der Waals surface area contributed by atoms with Crippen LogP contribution in [0.5, 0.6) is 5.75 Å². The standard InChI is InChI=1S/C16H18N2O2/c1-11-4-3-5-13(8-11)18-16(19)10-20-14-6-7-15(17)12(2)9-14/h3-9H,10,17H2,1-2H3,(H,18,19).